The van der Waals surface area contributed by atoms with E-state index in [4.69, 9.17) is 5.11 Å². The van der Waals surface area contributed by atoms with Crippen LogP contribution in [0.4, 0.5) is 0 Å². The summed E-state index contributed by atoms with van der Waals surface area (Å²) in [7, 11) is 0. The fourth-order valence-corrected chi connectivity index (χ4v) is 2.68. The van der Waals surface area contributed by atoms with Gasteiger partial charge < -0.3 is 10.2 Å². The van der Waals surface area contributed by atoms with E-state index in [-0.39, 0.29) is 23.9 Å². The van der Waals surface area contributed by atoms with E-state index in [1.165, 1.54) is 0 Å². The Hall–Kier alpha value is -0.570. The van der Waals surface area contributed by atoms with Gasteiger partial charge in [-0.2, -0.15) is 0 Å². The van der Waals surface area contributed by atoms with Gasteiger partial charge in [0.25, 0.3) is 0 Å². The molecule has 0 aromatic carbocycles. The smallest absolute Gasteiger partial charge is 0.307 e. The van der Waals surface area contributed by atoms with Crippen LogP contribution < -0.4 is 0 Å². The molecule has 0 radical (unpaired) electrons. The predicted molar refractivity (Wildman–Crippen MR) is 38.0 cm³/mol. The molecule has 0 spiro atoms. The van der Waals surface area contributed by atoms with Crippen LogP contribution in [0.1, 0.15) is 19.3 Å². The summed E-state index contributed by atoms with van der Waals surface area (Å²) in [6.07, 6.45) is 2.28. The van der Waals surface area contributed by atoms with Gasteiger partial charge in [-0.3, -0.25) is 4.79 Å². The zero-order valence-corrected chi connectivity index (χ0v) is 6.23. The second kappa shape index (κ2) is 2.21. The van der Waals surface area contributed by atoms with Crippen molar-refractivity contribution >= 4 is 5.97 Å². The average molecular weight is 156 g/mol. The van der Waals surface area contributed by atoms with Crippen LogP contribution in [-0.2, 0) is 4.79 Å². The van der Waals surface area contributed by atoms with Gasteiger partial charge in [0.2, 0.25) is 0 Å². The third-order valence-electron chi connectivity index (χ3n) is 3.16. The van der Waals surface area contributed by atoms with Gasteiger partial charge in [-0.05, 0) is 31.1 Å². The fourth-order valence-electron chi connectivity index (χ4n) is 2.68. The standard InChI is InChI=1S/C8H12O3/c9-6-3-4-1-2-5(6)7(4)8(10)11/h4-7,9H,1-3H2,(H,10,11)/t4-,5-,6+,7+/m0/s1. The molecule has 0 unspecified atom stereocenters. The van der Waals surface area contributed by atoms with Gasteiger partial charge >= 0.3 is 5.97 Å². The van der Waals surface area contributed by atoms with E-state index in [0.717, 1.165) is 12.8 Å². The summed E-state index contributed by atoms with van der Waals surface area (Å²) < 4.78 is 0. The van der Waals surface area contributed by atoms with E-state index < -0.39 is 5.97 Å². The lowest BCUT2D eigenvalue weighted by molar-refractivity contribution is -0.143. The average Bonchev–Trinajstić information content (AvgIpc) is 2.41. The molecule has 0 aromatic rings. The molecule has 2 N–H and O–H groups in total. The first-order valence-electron chi connectivity index (χ1n) is 4.11. The molecular weight excluding hydrogens is 144 g/mol. The highest BCUT2D eigenvalue weighted by Gasteiger charge is 2.50. The molecule has 0 aliphatic heterocycles. The number of rotatable bonds is 1. The molecule has 2 rings (SSSR count). The molecule has 2 bridgehead atoms. The Balaban J connectivity index is 2.19. The van der Waals surface area contributed by atoms with Gasteiger partial charge in [0.15, 0.2) is 0 Å². The van der Waals surface area contributed by atoms with Crippen LogP contribution in [0, 0.1) is 17.8 Å². The molecule has 3 heteroatoms. The van der Waals surface area contributed by atoms with Crippen LogP contribution in [0.2, 0.25) is 0 Å². The molecule has 2 saturated carbocycles. The van der Waals surface area contributed by atoms with Crippen LogP contribution >= 0.6 is 0 Å². The SMILES string of the molecule is O=C(O)[C@@H]1[C@H]2CC[C@H]1[C@H](O)C2. The molecule has 2 aliphatic rings. The lowest BCUT2D eigenvalue weighted by Gasteiger charge is -2.14. The fraction of sp³-hybridized carbons (Fsp3) is 0.875. The zero-order chi connectivity index (χ0) is 8.01. The highest BCUT2D eigenvalue weighted by atomic mass is 16.4. The van der Waals surface area contributed by atoms with Crippen LogP contribution in [0.5, 0.6) is 0 Å². The van der Waals surface area contributed by atoms with Gasteiger partial charge in [-0.1, -0.05) is 0 Å². The summed E-state index contributed by atoms with van der Waals surface area (Å²) in [4.78, 5) is 10.7. The van der Waals surface area contributed by atoms with Gasteiger partial charge in [0.05, 0.1) is 12.0 Å². The van der Waals surface area contributed by atoms with E-state index in [0.29, 0.717) is 6.42 Å². The van der Waals surface area contributed by atoms with E-state index in [2.05, 4.69) is 0 Å². The number of carboxylic acid groups (broad SMARTS) is 1. The second-order valence-electron chi connectivity index (χ2n) is 3.67. The van der Waals surface area contributed by atoms with Crippen molar-refractivity contribution in [3.63, 3.8) is 0 Å². The summed E-state index contributed by atoms with van der Waals surface area (Å²) in [6, 6.07) is 0. The number of carbonyl (C=O) groups is 1. The molecule has 11 heavy (non-hydrogen) atoms. The minimum absolute atomic E-state index is 0.0532. The summed E-state index contributed by atoms with van der Waals surface area (Å²) in [5, 5.41) is 18.2. The predicted octanol–water partition coefficient (Wildman–Crippen LogP) is 0.478. The Morgan fingerprint density at radius 2 is 2.09 bits per heavy atom. The Morgan fingerprint density at radius 1 is 1.36 bits per heavy atom. The highest BCUT2D eigenvalue weighted by Crippen LogP contribution is 2.49. The van der Waals surface area contributed by atoms with E-state index in [1.54, 1.807) is 0 Å². The maximum Gasteiger partial charge on any atom is 0.307 e. The number of hydrogen-bond acceptors (Lipinski definition) is 2. The lowest BCUT2D eigenvalue weighted by atomic mass is 9.97. The Labute approximate surface area is 65.0 Å². The maximum absolute atomic E-state index is 10.7. The van der Waals surface area contributed by atoms with Gasteiger partial charge in [0.1, 0.15) is 0 Å². The number of carboxylic acids is 1. The number of aliphatic carboxylic acids is 1. The van der Waals surface area contributed by atoms with Crippen molar-refractivity contribution in [1.82, 2.24) is 0 Å². The summed E-state index contributed by atoms with van der Waals surface area (Å²) in [5.41, 5.74) is 0. The second-order valence-corrected chi connectivity index (χ2v) is 3.67. The van der Waals surface area contributed by atoms with E-state index >= 15 is 0 Å². The first-order valence-corrected chi connectivity index (χ1v) is 4.11. The third-order valence-corrected chi connectivity index (χ3v) is 3.16. The Kier molecular flexibility index (Phi) is 1.42. The van der Waals surface area contributed by atoms with Crippen molar-refractivity contribution < 1.29 is 15.0 Å². The summed E-state index contributed by atoms with van der Waals surface area (Å²) >= 11 is 0. The summed E-state index contributed by atoms with van der Waals surface area (Å²) in [6.45, 7) is 0. The maximum atomic E-state index is 10.7. The minimum atomic E-state index is -0.714. The Morgan fingerprint density at radius 3 is 2.36 bits per heavy atom. The van der Waals surface area contributed by atoms with Crippen LogP contribution in [0.25, 0.3) is 0 Å². The highest BCUT2D eigenvalue weighted by molar-refractivity contribution is 5.71. The Bertz CT molecular complexity index is 190. The molecule has 2 fully saturated rings. The topological polar surface area (TPSA) is 57.5 Å². The molecule has 62 valence electrons. The third kappa shape index (κ3) is 0.872. The van der Waals surface area contributed by atoms with E-state index in [9.17, 15) is 9.90 Å². The number of hydrogen-bond donors (Lipinski definition) is 2. The van der Waals surface area contributed by atoms with E-state index in [1.807, 2.05) is 0 Å². The van der Waals surface area contributed by atoms with Crippen molar-refractivity contribution in [2.24, 2.45) is 17.8 Å². The molecule has 0 heterocycles. The molecule has 4 atom stereocenters. The van der Waals surface area contributed by atoms with Crippen molar-refractivity contribution in [1.29, 1.82) is 0 Å². The zero-order valence-electron chi connectivity index (χ0n) is 6.23. The summed E-state index contributed by atoms with van der Waals surface area (Å²) in [5.74, 6) is -0.649. The van der Waals surface area contributed by atoms with Gasteiger partial charge in [-0.15, -0.1) is 0 Å². The van der Waals surface area contributed by atoms with Crippen LogP contribution in [0.15, 0.2) is 0 Å². The van der Waals surface area contributed by atoms with Crippen LogP contribution in [0.3, 0.4) is 0 Å². The first-order chi connectivity index (χ1) is 5.20. The molecule has 2 aliphatic carbocycles. The molecule has 0 saturated heterocycles. The number of aliphatic hydroxyl groups excluding tert-OH is 1. The number of aliphatic hydroxyl groups is 1. The quantitative estimate of drug-likeness (QED) is 0.580. The molecule has 3 nitrogen and oxygen atoms in total. The largest absolute Gasteiger partial charge is 0.481 e. The lowest BCUT2D eigenvalue weighted by Crippen LogP contribution is -2.22. The van der Waals surface area contributed by atoms with Gasteiger partial charge in [-0.25, -0.2) is 0 Å². The van der Waals surface area contributed by atoms with Gasteiger partial charge in [0, 0.05) is 0 Å². The molecule has 0 amide bonds. The molecule has 0 aromatic heterocycles. The van der Waals surface area contributed by atoms with Crippen molar-refractivity contribution in [3.05, 3.63) is 0 Å². The molecular formula is C8H12O3. The normalized spacial score (nSPS) is 48.1. The van der Waals surface area contributed by atoms with Crippen molar-refractivity contribution in [3.8, 4) is 0 Å². The first kappa shape index (κ1) is 7.10. The minimum Gasteiger partial charge on any atom is -0.481 e. The monoisotopic (exact) mass is 156 g/mol. The van der Waals surface area contributed by atoms with Crippen LogP contribution in [-0.4, -0.2) is 22.3 Å². The van der Waals surface area contributed by atoms with Crippen molar-refractivity contribution in [2.45, 2.75) is 25.4 Å². The number of fused-ring (bicyclic) bond motifs is 2. The van der Waals surface area contributed by atoms with Crippen molar-refractivity contribution in [2.75, 3.05) is 0 Å².